The summed E-state index contributed by atoms with van der Waals surface area (Å²) in [5, 5.41) is 16.4. The zero-order valence-corrected chi connectivity index (χ0v) is 16.1. The van der Waals surface area contributed by atoms with Crippen molar-refractivity contribution in [2.45, 2.75) is 38.0 Å². The molecule has 2 rings (SSSR count). The van der Waals surface area contributed by atoms with E-state index >= 15 is 0 Å². The van der Waals surface area contributed by atoms with E-state index in [1.54, 1.807) is 0 Å². The first kappa shape index (κ1) is 18.8. The minimum Gasteiger partial charge on any atom is -0.301 e. The molecule has 2 heterocycles. The van der Waals surface area contributed by atoms with Gasteiger partial charge < -0.3 is 10.6 Å². The van der Waals surface area contributed by atoms with Crippen molar-refractivity contribution in [1.29, 1.82) is 0 Å². The maximum atomic E-state index is 12.0. The van der Waals surface area contributed by atoms with Crippen molar-refractivity contribution in [3.05, 3.63) is 11.1 Å². The van der Waals surface area contributed by atoms with Crippen LogP contribution in [0.1, 0.15) is 32.4 Å². The Hall–Kier alpha value is -1.52. The van der Waals surface area contributed by atoms with Crippen LogP contribution in [0.5, 0.6) is 0 Å². The second kappa shape index (κ2) is 9.09. The van der Waals surface area contributed by atoms with E-state index in [0.717, 1.165) is 18.5 Å². The van der Waals surface area contributed by atoms with E-state index in [4.69, 9.17) is 0 Å². The number of thiazole rings is 1. The number of hydrogen-bond donors (Lipinski definition) is 2. The highest BCUT2D eigenvalue weighted by molar-refractivity contribution is 8.01. The molecule has 0 atom stereocenters. The Bertz CT molecular complexity index is 696. The monoisotopic (exact) mass is 385 g/mol. The fraction of sp³-hybridized carbons (Fsp3) is 0.500. The van der Waals surface area contributed by atoms with Crippen LogP contribution < -0.4 is 10.6 Å². The number of amides is 2. The Labute approximate surface area is 152 Å². The third kappa shape index (κ3) is 5.53. The van der Waals surface area contributed by atoms with Crippen LogP contribution in [0.3, 0.4) is 0 Å². The molecule has 2 amide bonds. The number of carbonyl (C=O) groups is 2. The Morgan fingerprint density at radius 3 is 2.58 bits per heavy atom. The van der Waals surface area contributed by atoms with E-state index < -0.39 is 0 Å². The molecule has 0 bridgehead atoms. The van der Waals surface area contributed by atoms with E-state index in [-0.39, 0.29) is 23.5 Å². The minimum absolute atomic E-state index is 0.0162. The number of nitrogens with one attached hydrogen (secondary N) is 2. The zero-order valence-electron chi connectivity index (χ0n) is 13.7. The van der Waals surface area contributed by atoms with Crippen LogP contribution in [-0.4, -0.2) is 32.7 Å². The van der Waals surface area contributed by atoms with Gasteiger partial charge in [0, 0.05) is 11.3 Å². The van der Waals surface area contributed by atoms with Gasteiger partial charge in [0.05, 0.1) is 11.4 Å². The van der Waals surface area contributed by atoms with E-state index in [9.17, 15) is 9.59 Å². The van der Waals surface area contributed by atoms with Gasteiger partial charge in [-0.15, -0.1) is 21.5 Å². The van der Waals surface area contributed by atoms with Gasteiger partial charge in [-0.3, -0.25) is 9.59 Å². The Morgan fingerprint density at radius 1 is 1.21 bits per heavy atom. The second-order valence-corrected chi connectivity index (χ2v) is 8.06. The number of nitrogens with zero attached hydrogens (tertiary/aromatic N) is 3. The molecule has 0 saturated heterocycles. The fourth-order valence-electron chi connectivity index (χ4n) is 1.88. The van der Waals surface area contributed by atoms with Crippen LogP contribution in [0.2, 0.25) is 0 Å². The topological polar surface area (TPSA) is 96.9 Å². The first-order valence-corrected chi connectivity index (χ1v) is 10.2. The van der Waals surface area contributed by atoms with Crippen molar-refractivity contribution in [1.82, 2.24) is 15.2 Å². The lowest BCUT2D eigenvalue weighted by molar-refractivity contribution is -0.120. The molecule has 0 radical (unpaired) electrons. The van der Waals surface area contributed by atoms with Crippen LogP contribution in [0.4, 0.5) is 10.3 Å². The van der Waals surface area contributed by atoms with Gasteiger partial charge in [-0.1, -0.05) is 36.9 Å². The van der Waals surface area contributed by atoms with E-state index in [1.165, 1.54) is 34.4 Å². The predicted molar refractivity (Wildman–Crippen MR) is 98.8 cm³/mol. The summed E-state index contributed by atoms with van der Waals surface area (Å²) in [4.78, 5) is 28.1. The SMILES string of the molecule is CCC(CC)C(=O)Nc1nnc(SCC(=O)Nc2nc(C)cs2)s1. The summed E-state index contributed by atoms with van der Waals surface area (Å²) in [5.74, 6) is 0.0163. The van der Waals surface area contributed by atoms with Gasteiger partial charge in [0.15, 0.2) is 9.47 Å². The third-order valence-electron chi connectivity index (χ3n) is 3.19. The minimum atomic E-state index is -0.146. The number of carbonyl (C=O) groups excluding carboxylic acids is 2. The summed E-state index contributed by atoms with van der Waals surface area (Å²) in [5.41, 5.74) is 0.880. The van der Waals surface area contributed by atoms with Crippen LogP contribution in [0.15, 0.2) is 9.72 Å². The molecule has 2 aromatic heterocycles. The second-order valence-electron chi connectivity index (χ2n) is 5.01. The van der Waals surface area contributed by atoms with E-state index in [1.807, 2.05) is 26.2 Å². The number of hydrogen-bond acceptors (Lipinski definition) is 8. The molecule has 0 spiro atoms. The van der Waals surface area contributed by atoms with Crippen LogP contribution in [-0.2, 0) is 9.59 Å². The summed E-state index contributed by atoms with van der Waals surface area (Å²) < 4.78 is 0.639. The molecule has 0 aliphatic heterocycles. The molecule has 7 nitrogen and oxygen atoms in total. The highest BCUT2D eigenvalue weighted by Gasteiger charge is 2.16. The zero-order chi connectivity index (χ0) is 17.5. The maximum Gasteiger partial charge on any atom is 0.236 e. The van der Waals surface area contributed by atoms with Crippen LogP contribution in [0, 0.1) is 12.8 Å². The predicted octanol–water partition coefficient (Wildman–Crippen LogP) is 3.41. The van der Waals surface area contributed by atoms with Crippen molar-refractivity contribution in [2.75, 3.05) is 16.4 Å². The first-order chi connectivity index (χ1) is 11.5. The molecule has 0 unspecified atom stereocenters. The van der Waals surface area contributed by atoms with Gasteiger partial charge in [-0.05, 0) is 19.8 Å². The molecule has 10 heteroatoms. The number of thioether (sulfide) groups is 1. The van der Waals surface area contributed by atoms with E-state index in [2.05, 4.69) is 25.8 Å². The van der Waals surface area contributed by atoms with Crippen molar-refractivity contribution in [2.24, 2.45) is 5.92 Å². The molecule has 2 aromatic rings. The maximum absolute atomic E-state index is 12.0. The molecular formula is C14H19N5O2S3. The Morgan fingerprint density at radius 2 is 1.96 bits per heavy atom. The van der Waals surface area contributed by atoms with Crippen LogP contribution in [0.25, 0.3) is 0 Å². The average Bonchev–Trinajstić information content (AvgIpc) is 3.15. The number of anilines is 2. The van der Waals surface area contributed by atoms with Gasteiger partial charge in [-0.25, -0.2) is 4.98 Å². The molecule has 24 heavy (non-hydrogen) atoms. The summed E-state index contributed by atoms with van der Waals surface area (Å²) in [6.07, 6.45) is 1.58. The molecule has 0 fully saturated rings. The summed E-state index contributed by atoms with van der Waals surface area (Å²) in [6, 6.07) is 0. The van der Waals surface area contributed by atoms with Crippen molar-refractivity contribution < 1.29 is 9.59 Å². The lowest BCUT2D eigenvalue weighted by Gasteiger charge is -2.09. The molecule has 0 aliphatic carbocycles. The average molecular weight is 386 g/mol. The quantitative estimate of drug-likeness (QED) is 0.534. The van der Waals surface area contributed by atoms with E-state index in [0.29, 0.717) is 14.6 Å². The molecule has 0 aliphatic rings. The molecule has 130 valence electrons. The van der Waals surface area contributed by atoms with Gasteiger partial charge in [0.2, 0.25) is 16.9 Å². The molecule has 2 N–H and O–H groups in total. The molecule has 0 saturated carbocycles. The number of rotatable bonds is 8. The molecule has 0 aromatic carbocycles. The summed E-state index contributed by atoms with van der Waals surface area (Å²) >= 11 is 3.94. The Balaban J connectivity index is 1.81. The summed E-state index contributed by atoms with van der Waals surface area (Å²) in [7, 11) is 0. The normalized spacial score (nSPS) is 10.8. The lowest BCUT2D eigenvalue weighted by atomic mass is 10.0. The highest BCUT2D eigenvalue weighted by atomic mass is 32.2. The fourth-order valence-corrected chi connectivity index (χ4v) is 4.14. The first-order valence-electron chi connectivity index (χ1n) is 7.51. The van der Waals surface area contributed by atoms with Crippen molar-refractivity contribution in [3.63, 3.8) is 0 Å². The number of aromatic nitrogens is 3. The molecular weight excluding hydrogens is 366 g/mol. The van der Waals surface area contributed by atoms with Crippen LogP contribution >= 0.6 is 34.4 Å². The van der Waals surface area contributed by atoms with Gasteiger partial charge in [0.25, 0.3) is 0 Å². The van der Waals surface area contributed by atoms with Crippen molar-refractivity contribution >= 4 is 56.5 Å². The van der Waals surface area contributed by atoms with Gasteiger partial charge in [-0.2, -0.15) is 0 Å². The van der Waals surface area contributed by atoms with Gasteiger partial charge in [0.1, 0.15) is 0 Å². The largest absolute Gasteiger partial charge is 0.301 e. The Kier molecular flexibility index (Phi) is 7.13. The summed E-state index contributed by atoms with van der Waals surface area (Å²) in [6.45, 7) is 5.84. The standard InChI is InChI=1S/C14H19N5O2S3/c1-4-9(5-2)11(21)17-13-18-19-14(24-13)23-7-10(20)16-12-15-8(3)6-22-12/h6,9H,4-5,7H2,1-3H3,(H,15,16,20)(H,17,18,21). The third-order valence-corrected chi connectivity index (χ3v) is 6.03. The van der Waals surface area contributed by atoms with Gasteiger partial charge >= 0.3 is 0 Å². The smallest absolute Gasteiger partial charge is 0.236 e. The number of aryl methyl sites for hydroxylation is 1. The highest BCUT2D eigenvalue weighted by Crippen LogP contribution is 2.26. The van der Waals surface area contributed by atoms with Crippen molar-refractivity contribution in [3.8, 4) is 0 Å². The lowest BCUT2D eigenvalue weighted by Crippen LogP contribution is -2.21.